The second kappa shape index (κ2) is 8.09. The fraction of sp³-hybridized carbons (Fsp3) is 0.381. The van der Waals surface area contributed by atoms with Gasteiger partial charge in [0.1, 0.15) is 4.83 Å². The first kappa shape index (κ1) is 19.2. The third kappa shape index (κ3) is 3.73. The lowest BCUT2D eigenvalue weighted by molar-refractivity contribution is -0.120. The normalized spacial score (nSPS) is 14.2. The Labute approximate surface area is 172 Å². The number of nitrogens with one attached hydrogen (secondary N) is 1. The molecular formula is C21H23N3O2S2. The smallest absolute Gasteiger partial charge is 0.262 e. The van der Waals surface area contributed by atoms with Crippen LogP contribution in [-0.2, 0) is 31.1 Å². The lowest BCUT2D eigenvalue weighted by atomic mass is 10.1. The highest BCUT2D eigenvalue weighted by Crippen LogP contribution is 2.35. The van der Waals surface area contributed by atoms with Crippen LogP contribution >= 0.6 is 23.1 Å². The standard InChI is InChI=1S/C21H23N3O2S2/c1-13(18(25)22-12-11-14-7-4-3-5-8-14)27-21-23-19-17(20(26)24(21)2)15-9-6-10-16(15)28-19/h3-5,7-8,13H,6,9-12H2,1-2H3,(H,22,25)/t13-/m0/s1. The number of thioether (sulfide) groups is 1. The van der Waals surface area contributed by atoms with Gasteiger partial charge in [-0.2, -0.15) is 0 Å². The van der Waals surface area contributed by atoms with Crippen LogP contribution in [-0.4, -0.2) is 27.3 Å². The number of fused-ring (bicyclic) bond motifs is 3. The molecule has 2 aromatic heterocycles. The van der Waals surface area contributed by atoms with Crippen molar-refractivity contribution in [3.05, 3.63) is 56.7 Å². The molecule has 1 N–H and O–H groups in total. The molecule has 1 atom stereocenters. The minimum absolute atomic E-state index is 0.00332. The van der Waals surface area contributed by atoms with Gasteiger partial charge < -0.3 is 5.32 Å². The molecule has 4 rings (SSSR count). The van der Waals surface area contributed by atoms with E-state index in [1.807, 2.05) is 25.1 Å². The minimum atomic E-state index is -0.321. The van der Waals surface area contributed by atoms with E-state index in [4.69, 9.17) is 4.98 Å². The molecule has 5 nitrogen and oxygen atoms in total. The zero-order valence-electron chi connectivity index (χ0n) is 16.0. The summed E-state index contributed by atoms with van der Waals surface area (Å²) in [6.07, 6.45) is 3.94. The van der Waals surface area contributed by atoms with Gasteiger partial charge in [-0.15, -0.1) is 11.3 Å². The number of hydrogen-bond donors (Lipinski definition) is 1. The van der Waals surface area contributed by atoms with Crippen molar-refractivity contribution in [2.24, 2.45) is 7.05 Å². The van der Waals surface area contributed by atoms with Crippen LogP contribution in [0, 0.1) is 0 Å². The van der Waals surface area contributed by atoms with E-state index in [9.17, 15) is 9.59 Å². The monoisotopic (exact) mass is 413 g/mol. The maximum absolute atomic E-state index is 12.9. The van der Waals surface area contributed by atoms with Crippen molar-refractivity contribution >= 4 is 39.2 Å². The van der Waals surface area contributed by atoms with Crippen molar-refractivity contribution in [2.75, 3.05) is 6.54 Å². The predicted molar refractivity (Wildman–Crippen MR) is 115 cm³/mol. The zero-order chi connectivity index (χ0) is 19.7. The quantitative estimate of drug-likeness (QED) is 0.497. The molecule has 146 valence electrons. The van der Waals surface area contributed by atoms with Crippen molar-refractivity contribution in [2.45, 2.75) is 43.0 Å². The Balaban J connectivity index is 1.44. The van der Waals surface area contributed by atoms with E-state index in [-0.39, 0.29) is 16.7 Å². The molecule has 0 saturated carbocycles. The number of carbonyl (C=O) groups is 1. The Morgan fingerprint density at radius 2 is 2.11 bits per heavy atom. The van der Waals surface area contributed by atoms with E-state index in [0.717, 1.165) is 35.9 Å². The van der Waals surface area contributed by atoms with E-state index in [2.05, 4.69) is 17.4 Å². The number of aromatic nitrogens is 2. The number of amides is 1. The maximum atomic E-state index is 12.9. The Hall–Kier alpha value is -2.12. The Morgan fingerprint density at radius 1 is 1.32 bits per heavy atom. The molecule has 3 aromatic rings. The molecule has 0 spiro atoms. The Bertz CT molecular complexity index is 1070. The topological polar surface area (TPSA) is 64.0 Å². The number of rotatable bonds is 6. The average Bonchev–Trinajstić information content (AvgIpc) is 3.27. The lowest BCUT2D eigenvalue weighted by Crippen LogP contribution is -2.33. The van der Waals surface area contributed by atoms with Gasteiger partial charge in [0.2, 0.25) is 5.91 Å². The zero-order valence-corrected chi connectivity index (χ0v) is 17.7. The number of carbonyl (C=O) groups excluding carboxylic acids is 1. The summed E-state index contributed by atoms with van der Waals surface area (Å²) in [5, 5.41) is 4.04. The van der Waals surface area contributed by atoms with Crippen LogP contribution in [0.3, 0.4) is 0 Å². The van der Waals surface area contributed by atoms with Gasteiger partial charge in [-0.05, 0) is 43.7 Å². The first-order chi connectivity index (χ1) is 13.5. The molecule has 0 unspecified atom stereocenters. The van der Waals surface area contributed by atoms with E-state index >= 15 is 0 Å². The molecule has 1 amide bonds. The molecule has 1 aliphatic carbocycles. The van der Waals surface area contributed by atoms with Gasteiger partial charge in [0.05, 0.1) is 10.6 Å². The minimum Gasteiger partial charge on any atom is -0.355 e. The molecule has 0 aliphatic heterocycles. The highest BCUT2D eigenvalue weighted by atomic mass is 32.2. The van der Waals surface area contributed by atoms with Gasteiger partial charge in [-0.3, -0.25) is 14.2 Å². The summed E-state index contributed by atoms with van der Waals surface area (Å²) in [4.78, 5) is 32.2. The molecule has 2 heterocycles. The first-order valence-electron chi connectivity index (χ1n) is 9.54. The largest absolute Gasteiger partial charge is 0.355 e. The number of hydrogen-bond acceptors (Lipinski definition) is 5. The molecule has 0 fully saturated rings. The molecule has 0 saturated heterocycles. The fourth-order valence-electron chi connectivity index (χ4n) is 3.54. The van der Waals surface area contributed by atoms with Gasteiger partial charge >= 0.3 is 0 Å². The summed E-state index contributed by atoms with van der Waals surface area (Å²) in [6, 6.07) is 10.1. The Morgan fingerprint density at radius 3 is 2.89 bits per heavy atom. The highest BCUT2D eigenvalue weighted by Gasteiger charge is 2.24. The molecule has 28 heavy (non-hydrogen) atoms. The number of benzene rings is 1. The second-order valence-electron chi connectivity index (χ2n) is 7.08. The number of aryl methyl sites for hydroxylation is 2. The molecule has 7 heteroatoms. The van der Waals surface area contributed by atoms with Crippen LogP contribution in [0.2, 0.25) is 0 Å². The summed E-state index contributed by atoms with van der Waals surface area (Å²) in [6.45, 7) is 2.45. The summed E-state index contributed by atoms with van der Waals surface area (Å²) in [5.74, 6) is -0.0380. The molecule has 0 bridgehead atoms. The summed E-state index contributed by atoms with van der Waals surface area (Å²) in [5.41, 5.74) is 2.39. The fourth-order valence-corrected chi connectivity index (χ4v) is 5.74. The van der Waals surface area contributed by atoms with Crippen molar-refractivity contribution in [1.29, 1.82) is 0 Å². The predicted octanol–water partition coefficient (Wildman–Crippen LogP) is 3.32. The molecule has 1 aromatic carbocycles. The van der Waals surface area contributed by atoms with Crippen molar-refractivity contribution in [1.82, 2.24) is 14.9 Å². The number of nitrogens with zero attached hydrogens (tertiary/aromatic N) is 2. The van der Waals surface area contributed by atoms with Gasteiger partial charge in [-0.25, -0.2) is 4.98 Å². The van der Waals surface area contributed by atoms with Crippen LogP contribution in [0.15, 0.2) is 40.3 Å². The second-order valence-corrected chi connectivity index (χ2v) is 9.47. The highest BCUT2D eigenvalue weighted by molar-refractivity contribution is 8.00. The lowest BCUT2D eigenvalue weighted by Gasteiger charge is -2.13. The van der Waals surface area contributed by atoms with Crippen LogP contribution < -0.4 is 10.9 Å². The first-order valence-corrected chi connectivity index (χ1v) is 11.2. The SMILES string of the molecule is C[C@H](Sc1nc2sc3c(c2c(=O)n1C)CCC3)C(=O)NCCc1ccccc1. The number of thiophene rings is 1. The van der Waals surface area contributed by atoms with E-state index in [1.165, 1.54) is 27.8 Å². The van der Waals surface area contributed by atoms with Gasteiger partial charge in [0, 0.05) is 18.5 Å². The average molecular weight is 414 g/mol. The van der Waals surface area contributed by atoms with Crippen LogP contribution in [0.25, 0.3) is 10.2 Å². The van der Waals surface area contributed by atoms with Crippen LogP contribution in [0.1, 0.15) is 29.3 Å². The van der Waals surface area contributed by atoms with Crippen LogP contribution in [0.4, 0.5) is 0 Å². The molecule has 0 radical (unpaired) electrons. The van der Waals surface area contributed by atoms with Gasteiger partial charge in [0.15, 0.2) is 5.16 Å². The van der Waals surface area contributed by atoms with Gasteiger partial charge in [0.25, 0.3) is 5.56 Å². The summed E-state index contributed by atoms with van der Waals surface area (Å²) in [7, 11) is 1.75. The van der Waals surface area contributed by atoms with E-state index < -0.39 is 0 Å². The molecule has 1 aliphatic rings. The molecular weight excluding hydrogens is 390 g/mol. The van der Waals surface area contributed by atoms with E-state index in [1.54, 1.807) is 23.0 Å². The van der Waals surface area contributed by atoms with Gasteiger partial charge in [-0.1, -0.05) is 42.1 Å². The van der Waals surface area contributed by atoms with Crippen molar-refractivity contribution < 1.29 is 4.79 Å². The maximum Gasteiger partial charge on any atom is 0.262 e. The third-order valence-electron chi connectivity index (χ3n) is 5.11. The Kier molecular flexibility index (Phi) is 5.55. The van der Waals surface area contributed by atoms with Crippen LogP contribution in [0.5, 0.6) is 0 Å². The van der Waals surface area contributed by atoms with Crippen molar-refractivity contribution in [3.8, 4) is 0 Å². The summed E-state index contributed by atoms with van der Waals surface area (Å²) < 4.78 is 1.59. The van der Waals surface area contributed by atoms with Crippen molar-refractivity contribution in [3.63, 3.8) is 0 Å². The summed E-state index contributed by atoms with van der Waals surface area (Å²) >= 11 is 2.97. The third-order valence-corrected chi connectivity index (χ3v) is 7.44. The van der Waals surface area contributed by atoms with E-state index in [0.29, 0.717) is 11.7 Å².